The van der Waals surface area contributed by atoms with E-state index in [1.165, 1.54) is 4.90 Å². The summed E-state index contributed by atoms with van der Waals surface area (Å²) < 4.78 is 5.47. The van der Waals surface area contributed by atoms with Gasteiger partial charge in [-0.2, -0.15) is 0 Å². The average molecular weight is 480 g/mol. The normalized spacial score (nSPS) is 18.9. The number of anilines is 2. The second-order valence-electron chi connectivity index (χ2n) is 8.70. The molecule has 0 aromatic heterocycles. The molecular weight excluding hydrogens is 450 g/mol. The molecule has 4 rings (SSSR count). The molecule has 2 fully saturated rings. The van der Waals surface area contributed by atoms with E-state index in [4.69, 9.17) is 15.9 Å². The first kappa shape index (κ1) is 24.4. The van der Waals surface area contributed by atoms with Crippen LogP contribution >= 0.6 is 0 Å². The van der Waals surface area contributed by atoms with Gasteiger partial charge in [-0.05, 0) is 61.7 Å². The molecule has 2 atom stereocenters. The summed E-state index contributed by atoms with van der Waals surface area (Å²) in [4.78, 5) is 42.0. The second kappa shape index (κ2) is 10.2. The summed E-state index contributed by atoms with van der Waals surface area (Å²) in [7, 11) is 0. The Hall–Kier alpha value is -3.76. The Morgan fingerprint density at radius 1 is 1.14 bits per heavy atom. The van der Waals surface area contributed by atoms with Gasteiger partial charge in [-0.1, -0.05) is 6.07 Å². The molecule has 0 radical (unpaired) electrons. The number of nitrogens with one attached hydrogen (secondary N) is 2. The number of amides is 3. The highest BCUT2D eigenvalue weighted by molar-refractivity contribution is 6.05. The van der Waals surface area contributed by atoms with Crippen LogP contribution in [0.5, 0.6) is 0 Å². The number of aliphatic hydroxyl groups excluding tert-OH is 1. The standard InChI is InChI=1S/C25H29N5O5/c1-15-4-9-18(14-19(15)24(33)29-10-2-3-11-29)30-12-13-35-21(25(30)34)20(31)23(32)28-17-7-5-16(6-8-17)22(26)27/h4-9,14,20-21,31H,2-3,10-13H2,1H3,(H3,26,27)(H,28,32)/t20?,21-/m1/s1. The highest BCUT2D eigenvalue weighted by atomic mass is 16.5. The second-order valence-corrected chi connectivity index (χ2v) is 8.70. The molecule has 2 saturated heterocycles. The number of amidine groups is 1. The molecule has 0 spiro atoms. The number of hydrogen-bond donors (Lipinski definition) is 4. The summed E-state index contributed by atoms with van der Waals surface area (Å²) in [5.41, 5.74) is 8.17. The summed E-state index contributed by atoms with van der Waals surface area (Å²) in [6.07, 6.45) is -1.17. The maximum Gasteiger partial charge on any atom is 0.259 e. The minimum Gasteiger partial charge on any atom is -0.384 e. The highest BCUT2D eigenvalue weighted by Gasteiger charge is 2.39. The van der Waals surface area contributed by atoms with Gasteiger partial charge >= 0.3 is 0 Å². The molecule has 5 N–H and O–H groups in total. The molecule has 2 aliphatic rings. The Labute approximate surface area is 203 Å². The molecule has 2 heterocycles. The first-order chi connectivity index (χ1) is 16.8. The van der Waals surface area contributed by atoms with Crippen molar-refractivity contribution in [2.45, 2.75) is 32.0 Å². The molecule has 2 aromatic carbocycles. The SMILES string of the molecule is Cc1ccc(N2CCO[C@H](C(O)C(=O)Nc3ccc(C(=N)N)cc3)C2=O)cc1C(=O)N1CCCC1. The van der Waals surface area contributed by atoms with Crippen LogP contribution in [0.2, 0.25) is 0 Å². The molecular formula is C25H29N5O5. The van der Waals surface area contributed by atoms with Crippen molar-refractivity contribution in [3.63, 3.8) is 0 Å². The topological polar surface area (TPSA) is 149 Å². The minimum absolute atomic E-state index is 0.0608. The third kappa shape index (κ3) is 5.18. The lowest BCUT2D eigenvalue weighted by molar-refractivity contribution is -0.150. The Bertz CT molecular complexity index is 1140. The largest absolute Gasteiger partial charge is 0.384 e. The van der Waals surface area contributed by atoms with Crippen LogP contribution in [0, 0.1) is 12.3 Å². The lowest BCUT2D eigenvalue weighted by atomic mass is 10.0. The van der Waals surface area contributed by atoms with Crippen molar-refractivity contribution in [3.8, 4) is 0 Å². The molecule has 10 nitrogen and oxygen atoms in total. The van der Waals surface area contributed by atoms with E-state index >= 15 is 0 Å². The molecule has 35 heavy (non-hydrogen) atoms. The van der Waals surface area contributed by atoms with Gasteiger partial charge in [-0.15, -0.1) is 0 Å². The van der Waals surface area contributed by atoms with E-state index in [1.807, 2.05) is 11.8 Å². The van der Waals surface area contributed by atoms with Crippen molar-refractivity contribution in [2.24, 2.45) is 5.73 Å². The number of ether oxygens (including phenoxy) is 1. The highest BCUT2D eigenvalue weighted by Crippen LogP contribution is 2.25. The summed E-state index contributed by atoms with van der Waals surface area (Å²) in [6, 6.07) is 11.5. The fraction of sp³-hybridized carbons (Fsp3) is 0.360. The van der Waals surface area contributed by atoms with Crippen LogP contribution in [0.1, 0.15) is 34.3 Å². The lowest BCUT2D eigenvalue weighted by Crippen LogP contribution is -2.55. The van der Waals surface area contributed by atoms with Crippen molar-refractivity contribution >= 4 is 34.9 Å². The van der Waals surface area contributed by atoms with Crippen LogP contribution in [0.4, 0.5) is 11.4 Å². The summed E-state index contributed by atoms with van der Waals surface area (Å²) >= 11 is 0. The third-order valence-corrected chi connectivity index (χ3v) is 6.30. The Kier molecular flexibility index (Phi) is 7.13. The maximum absolute atomic E-state index is 13.2. The van der Waals surface area contributed by atoms with Gasteiger partial charge in [0.05, 0.1) is 6.61 Å². The zero-order chi connectivity index (χ0) is 25.1. The number of benzene rings is 2. The van der Waals surface area contributed by atoms with Crippen LogP contribution in [-0.2, 0) is 14.3 Å². The number of morpholine rings is 1. The number of nitrogens with two attached hydrogens (primary N) is 1. The number of nitrogen functional groups attached to an aromatic ring is 1. The van der Waals surface area contributed by atoms with E-state index in [9.17, 15) is 19.5 Å². The summed E-state index contributed by atoms with van der Waals surface area (Å²) in [6.45, 7) is 3.65. The lowest BCUT2D eigenvalue weighted by Gasteiger charge is -2.34. The Morgan fingerprint density at radius 2 is 1.83 bits per heavy atom. The molecule has 1 unspecified atom stereocenters. The first-order valence-electron chi connectivity index (χ1n) is 11.5. The van der Waals surface area contributed by atoms with Crippen LogP contribution < -0.4 is 16.0 Å². The van der Waals surface area contributed by atoms with Crippen LogP contribution in [0.15, 0.2) is 42.5 Å². The summed E-state index contributed by atoms with van der Waals surface area (Å²) in [5.74, 6) is -1.52. The van der Waals surface area contributed by atoms with Gasteiger partial charge in [0, 0.05) is 42.1 Å². The van der Waals surface area contributed by atoms with Crippen LogP contribution in [0.25, 0.3) is 0 Å². The van der Waals surface area contributed by atoms with Crippen LogP contribution in [-0.4, -0.2) is 72.0 Å². The third-order valence-electron chi connectivity index (χ3n) is 6.30. The number of nitrogens with zero attached hydrogens (tertiary/aromatic N) is 2. The van der Waals surface area contributed by atoms with Crippen molar-refractivity contribution in [1.82, 2.24) is 4.90 Å². The fourth-order valence-electron chi connectivity index (χ4n) is 4.27. The molecule has 184 valence electrons. The molecule has 0 aliphatic carbocycles. The average Bonchev–Trinajstić information content (AvgIpc) is 3.39. The molecule has 2 aromatic rings. The quantitative estimate of drug-likeness (QED) is 0.362. The number of carbonyl (C=O) groups excluding carboxylic acids is 3. The number of aliphatic hydroxyl groups is 1. The van der Waals surface area contributed by atoms with Gasteiger partial charge in [0.1, 0.15) is 5.84 Å². The molecule has 3 amide bonds. The van der Waals surface area contributed by atoms with Crippen LogP contribution in [0.3, 0.4) is 0 Å². The molecule has 0 saturated carbocycles. The summed E-state index contributed by atoms with van der Waals surface area (Å²) in [5, 5.41) is 20.6. The minimum atomic E-state index is -1.74. The maximum atomic E-state index is 13.2. The number of hydrogen-bond acceptors (Lipinski definition) is 6. The molecule has 2 aliphatic heterocycles. The van der Waals surface area contributed by atoms with Crippen molar-refractivity contribution in [1.29, 1.82) is 5.41 Å². The van der Waals surface area contributed by atoms with Gasteiger partial charge < -0.3 is 30.7 Å². The number of rotatable bonds is 6. The number of carbonyl (C=O) groups is 3. The first-order valence-corrected chi connectivity index (χ1v) is 11.5. The van der Waals surface area contributed by atoms with E-state index in [0.29, 0.717) is 22.5 Å². The smallest absolute Gasteiger partial charge is 0.259 e. The van der Waals surface area contributed by atoms with E-state index in [-0.39, 0.29) is 24.9 Å². The van der Waals surface area contributed by atoms with E-state index in [2.05, 4.69) is 5.32 Å². The van der Waals surface area contributed by atoms with Gasteiger partial charge in [-0.25, -0.2) is 0 Å². The van der Waals surface area contributed by atoms with E-state index in [0.717, 1.165) is 31.5 Å². The van der Waals surface area contributed by atoms with Gasteiger partial charge in [0.15, 0.2) is 12.2 Å². The van der Waals surface area contributed by atoms with E-state index < -0.39 is 24.0 Å². The number of aryl methyl sites for hydroxylation is 1. The predicted octanol–water partition coefficient (Wildman–Crippen LogP) is 1.25. The number of likely N-dealkylation sites (tertiary alicyclic amines) is 1. The van der Waals surface area contributed by atoms with Gasteiger partial charge in [0.25, 0.3) is 17.7 Å². The van der Waals surface area contributed by atoms with Gasteiger partial charge in [-0.3, -0.25) is 19.8 Å². The van der Waals surface area contributed by atoms with Crippen molar-refractivity contribution in [3.05, 3.63) is 59.2 Å². The van der Waals surface area contributed by atoms with E-state index in [1.54, 1.807) is 42.5 Å². The predicted molar refractivity (Wildman–Crippen MR) is 131 cm³/mol. The zero-order valence-corrected chi connectivity index (χ0v) is 19.5. The van der Waals surface area contributed by atoms with Gasteiger partial charge in [0.2, 0.25) is 0 Å². The zero-order valence-electron chi connectivity index (χ0n) is 19.5. The Balaban J connectivity index is 1.48. The van der Waals surface area contributed by atoms with Crippen molar-refractivity contribution in [2.75, 3.05) is 36.5 Å². The van der Waals surface area contributed by atoms with Crippen molar-refractivity contribution < 1.29 is 24.2 Å². The molecule has 10 heteroatoms. The monoisotopic (exact) mass is 479 g/mol. The fourth-order valence-corrected chi connectivity index (χ4v) is 4.27. The Morgan fingerprint density at radius 3 is 2.49 bits per heavy atom. The molecule has 0 bridgehead atoms.